The lowest BCUT2D eigenvalue weighted by Crippen LogP contribution is -2.13. The molecule has 1 aromatic carbocycles. The van der Waals surface area contributed by atoms with Gasteiger partial charge in [-0.2, -0.15) is 0 Å². The second-order valence-electron chi connectivity index (χ2n) is 4.14. The summed E-state index contributed by atoms with van der Waals surface area (Å²) in [5.74, 6) is 0.983. The van der Waals surface area contributed by atoms with Crippen LogP contribution in [0.4, 0.5) is 0 Å². The zero-order chi connectivity index (χ0) is 11.8. The first kappa shape index (κ1) is 13.0. The second-order valence-corrected chi connectivity index (χ2v) is 4.14. The van der Waals surface area contributed by atoms with Crippen LogP contribution in [0.5, 0.6) is 5.75 Å². The van der Waals surface area contributed by atoms with Crippen molar-refractivity contribution >= 4 is 0 Å². The van der Waals surface area contributed by atoms with Gasteiger partial charge in [0.05, 0.1) is 6.10 Å². The zero-order valence-electron chi connectivity index (χ0n) is 10.6. The van der Waals surface area contributed by atoms with E-state index in [0.717, 1.165) is 31.7 Å². The summed E-state index contributed by atoms with van der Waals surface area (Å²) in [6, 6.07) is 8.33. The van der Waals surface area contributed by atoms with E-state index in [4.69, 9.17) is 4.74 Å². The molecule has 0 aliphatic carbocycles. The topological polar surface area (TPSA) is 21.3 Å². The summed E-state index contributed by atoms with van der Waals surface area (Å²) in [7, 11) is 0. The molecule has 0 spiro atoms. The number of hydrogen-bond donors (Lipinski definition) is 1. The van der Waals surface area contributed by atoms with Gasteiger partial charge in [0.1, 0.15) is 5.75 Å². The fraction of sp³-hybridized carbons (Fsp3) is 0.571. The van der Waals surface area contributed by atoms with Crippen LogP contribution in [-0.4, -0.2) is 12.6 Å². The SMILES string of the molecule is CCCC(C)Oc1cccc(CNCC)c1. The molecule has 0 aliphatic rings. The highest BCUT2D eigenvalue weighted by molar-refractivity contribution is 5.28. The molecular weight excluding hydrogens is 198 g/mol. The van der Waals surface area contributed by atoms with E-state index < -0.39 is 0 Å². The third-order valence-electron chi connectivity index (χ3n) is 2.51. The Morgan fingerprint density at radius 3 is 2.81 bits per heavy atom. The highest BCUT2D eigenvalue weighted by Gasteiger charge is 2.02. The summed E-state index contributed by atoms with van der Waals surface area (Å²) >= 11 is 0. The quantitative estimate of drug-likeness (QED) is 0.762. The van der Waals surface area contributed by atoms with Crippen molar-refractivity contribution in [1.82, 2.24) is 5.32 Å². The normalized spacial score (nSPS) is 12.4. The standard InChI is InChI=1S/C14H23NO/c1-4-7-12(3)16-14-9-6-8-13(10-14)11-15-5-2/h6,8-10,12,15H,4-5,7,11H2,1-3H3. The van der Waals surface area contributed by atoms with E-state index in [-0.39, 0.29) is 0 Å². The van der Waals surface area contributed by atoms with Gasteiger partial charge in [0.25, 0.3) is 0 Å². The van der Waals surface area contributed by atoms with E-state index >= 15 is 0 Å². The zero-order valence-corrected chi connectivity index (χ0v) is 10.6. The molecule has 1 unspecified atom stereocenters. The molecule has 0 saturated carbocycles. The predicted molar refractivity (Wildman–Crippen MR) is 68.8 cm³/mol. The molecule has 0 saturated heterocycles. The van der Waals surface area contributed by atoms with Crippen molar-refractivity contribution in [3.05, 3.63) is 29.8 Å². The molecule has 0 fully saturated rings. The molecule has 0 aliphatic heterocycles. The Bertz CT molecular complexity index is 299. The molecule has 0 bridgehead atoms. The molecule has 0 radical (unpaired) electrons. The summed E-state index contributed by atoms with van der Waals surface area (Å²) in [5.41, 5.74) is 1.28. The Kier molecular flexibility index (Phi) is 5.94. The van der Waals surface area contributed by atoms with Crippen LogP contribution in [0.2, 0.25) is 0 Å². The maximum Gasteiger partial charge on any atom is 0.120 e. The van der Waals surface area contributed by atoms with Crippen LogP contribution >= 0.6 is 0 Å². The van der Waals surface area contributed by atoms with Crippen LogP contribution < -0.4 is 10.1 Å². The first-order valence-corrected chi connectivity index (χ1v) is 6.22. The van der Waals surface area contributed by atoms with Gasteiger partial charge >= 0.3 is 0 Å². The van der Waals surface area contributed by atoms with Crippen LogP contribution in [0.15, 0.2) is 24.3 Å². The average Bonchev–Trinajstić information content (AvgIpc) is 2.27. The van der Waals surface area contributed by atoms with Crippen LogP contribution in [0.3, 0.4) is 0 Å². The van der Waals surface area contributed by atoms with Gasteiger partial charge < -0.3 is 10.1 Å². The van der Waals surface area contributed by atoms with Crippen molar-refractivity contribution in [2.24, 2.45) is 0 Å². The molecule has 1 rings (SSSR count). The number of nitrogens with one attached hydrogen (secondary N) is 1. The molecule has 1 N–H and O–H groups in total. The van der Waals surface area contributed by atoms with Gasteiger partial charge in [0, 0.05) is 6.54 Å². The lowest BCUT2D eigenvalue weighted by Gasteiger charge is -2.14. The van der Waals surface area contributed by atoms with Gasteiger partial charge in [-0.3, -0.25) is 0 Å². The summed E-state index contributed by atoms with van der Waals surface area (Å²) in [4.78, 5) is 0. The van der Waals surface area contributed by atoms with Crippen molar-refractivity contribution < 1.29 is 4.74 Å². The molecule has 2 nitrogen and oxygen atoms in total. The summed E-state index contributed by atoms with van der Waals surface area (Å²) in [6.07, 6.45) is 2.58. The van der Waals surface area contributed by atoms with Crippen molar-refractivity contribution in [3.63, 3.8) is 0 Å². The molecule has 1 aromatic rings. The fourth-order valence-electron chi connectivity index (χ4n) is 1.70. The van der Waals surface area contributed by atoms with Gasteiger partial charge in [0.15, 0.2) is 0 Å². The third-order valence-corrected chi connectivity index (χ3v) is 2.51. The van der Waals surface area contributed by atoms with Gasteiger partial charge in [-0.05, 0) is 37.6 Å². The first-order chi connectivity index (χ1) is 7.76. The van der Waals surface area contributed by atoms with Crippen LogP contribution in [-0.2, 0) is 6.54 Å². The van der Waals surface area contributed by atoms with Crippen molar-refractivity contribution in [1.29, 1.82) is 0 Å². The Morgan fingerprint density at radius 2 is 2.12 bits per heavy atom. The van der Waals surface area contributed by atoms with Crippen molar-refractivity contribution in [2.75, 3.05) is 6.54 Å². The average molecular weight is 221 g/mol. The van der Waals surface area contributed by atoms with E-state index in [1.54, 1.807) is 0 Å². The lowest BCUT2D eigenvalue weighted by molar-refractivity contribution is 0.210. The molecule has 16 heavy (non-hydrogen) atoms. The minimum Gasteiger partial charge on any atom is -0.491 e. The van der Waals surface area contributed by atoms with E-state index in [9.17, 15) is 0 Å². The van der Waals surface area contributed by atoms with Crippen molar-refractivity contribution in [3.8, 4) is 5.75 Å². The minimum absolute atomic E-state index is 0.305. The van der Waals surface area contributed by atoms with Crippen LogP contribution in [0.25, 0.3) is 0 Å². The monoisotopic (exact) mass is 221 g/mol. The number of hydrogen-bond acceptors (Lipinski definition) is 2. The molecule has 1 atom stereocenters. The van der Waals surface area contributed by atoms with E-state index in [2.05, 4.69) is 44.3 Å². The number of ether oxygens (including phenoxy) is 1. The van der Waals surface area contributed by atoms with Crippen molar-refractivity contribution in [2.45, 2.75) is 46.3 Å². The van der Waals surface area contributed by atoms with E-state index in [1.165, 1.54) is 5.56 Å². The van der Waals surface area contributed by atoms with Gasteiger partial charge in [-0.1, -0.05) is 32.4 Å². The summed E-state index contributed by atoms with van der Waals surface area (Å²) in [6.45, 7) is 8.33. The highest BCUT2D eigenvalue weighted by atomic mass is 16.5. The number of rotatable bonds is 7. The predicted octanol–water partition coefficient (Wildman–Crippen LogP) is 3.36. The Morgan fingerprint density at radius 1 is 1.31 bits per heavy atom. The molecule has 0 amide bonds. The van der Waals surface area contributed by atoms with Crippen LogP contribution in [0.1, 0.15) is 39.2 Å². The Balaban J connectivity index is 2.52. The largest absolute Gasteiger partial charge is 0.491 e. The molecule has 0 aromatic heterocycles. The summed E-state index contributed by atoms with van der Waals surface area (Å²) in [5, 5.41) is 3.31. The third kappa shape index (κ3) is 4.67. The van der Waals surface area contributed by atoms with Gasteiger partial charge in [-0.25, -0.2) is 0 Å². The van der Waals surface area contributed by atoms with Crippen LogP contribution in [0, 0.1) is 0 Å². The minimum atomic E-state index is 0.305. The number of benzene rings is 1. The summed E-state index contributed by atoms with van der Waals surface area (Å²) < 4.78 is 5.85. The maximum absolute atomic E-state index is 5.85. The first-order valence-electron chi connectivity index (χ1n) is 6.22. The Labute approximate surface area is 99.0 Å². The van der Waals surface area contributed by atoms with Gasteiger partial charge in [-0.15, -0.1) is 0 Å². The Hall–Kier alpha value is -1.02. The molecule has 90 valence electrons. The van der Waals surface area contributed by atoms with E-state index in [0.29, 0.717) is 6.10 Å². The fourth-order valence-corrected chi connectivity index (χ4v) is 1.70. The van der Waals surface area contributed by atoms with Gasteiger partial charge in [0.2, 0.25) is 0 Å². The highest BCUT2D eigenvalue weighted by Crippen LogP contribution is 2.16. The molecular formula is C14H23NO. The lowest BCUT2D eigenvalue weighted by atomic mass is 10.2. The van der Waals surface area contributed by atoms with E-state index in [1.807, 2.05) is 6.07 Å². The maximum atomic E-state index is 5.85. The molecule has 2 heteroatoms. The second kappa shape index (κ2) is 7.29. The molecule has 0 heterocycles. The smallest absolute Gasteiger partial charge is 0.120 e.